The highest BCUT2D eigenvalue weighted by Gasteiger charge is 2.38. The zero-order valence-corrected chi connectivity index (χ0v) is 21.1. The molecule has 0 radical (unpaired) electrons. The monoisotopic (exact) mass is 475 g/mol. The number of thiophene rings is 1. The van der Waals surface area contributed by atoms with Gasteiger partial charge in [0, 0.05) is 43.0 Å². The number of hydrogen-bond donors (Lipinski definition) is 2. The number of para-hydroxylation sites is 1. The summed E-state index contributed by atoms with van der Waals surface area (Å²) >= 11 is 1.78. The van der Waals surface area contributed by atoms with Crippen molar-refractivity contribution in [3.63, 3.8) is 0 Å². The lowest BCUT2D eigenvalue weighted by Crippen LogP contribution is -2.54. The molecule has 1 atom stereocenters. The molecule has 5 heteroatoms. The van der Waals surface area contributed by atoms with Crippen molar-refractivity contribution in [2.24, 2.45) is 0 Å². The van der Waals surface area contributed by atoms with Crippen LogP contribution in [0.4, 0.5) is 0 Å². The molecule has 0 bridgehead atoms. The van der Waals surface area contributed by atoms with Crippen LogP contribution in [0.5, 0.6) is 5.75 Å². The van der Waals surface area contributed by atoms with Crippen LogP contribution in [0.1, 0.15) is 46.9 Å². The molecular weight excluding hydrogens is 438 g/mol. The minimum Gasteiger partial charge on any atom is -0.485 e. The van der Waals surface area contributed by atoms with Gasteiger partial charge >= 0.3 is 0 Å². The smallest absolute Gasteiger partial charge is 0.134 e. The number of likely N-dealkylation sites (tertiary alicyclic amines) is 1. The molecule has 1 spiro atoms. The zero-order valence-electron chi connectivity index (χ0n) is 20.3. The number of nitrogens with one attached hydrogen (secondary N) is 2. The van der Waals surface area contributed by atoms with E-state index in [4.69, 9.17) is 4.74 Å². The Morgan fingerprint density at radius 3 is 2.71 bits per heavy atom. The fourth-order valence-electron chi connectivity index (χ4n) is 5.61. The van der Waals surface area contributed by atoms with Crippen LogP contribution in [0.25, 0.3) is 0 Å². The van der Waals surface area contributed by atoms with Crippen LogP contribution >= 0.6 is 11.3 Å². The van der Waals surface area contributed by atoms with Gasteiger partial charge in [-0.1, -0.05) is 48.5 Å². The lowest BCUT2D eigenvalue weighted by molar-refractivity contribution is 0.129. The van der Waals surface area contributed by atoms with Crippen LogP contribution in [0.3, 0.4) is 0 Å². The Hall–Kier alpha value is -2.18. The van der Waals surface area contributed by atoms with Gasteiger partial charge < -0.3 is 20.3 Å². The van der Waals surface area contributed by atoms with Gasteiger partial charge in [-0.25, -0.2) is 0 Å². The maximum atomic E-state index is 6.60. The third-order valence-electron chi connectivity index (χ3n) is 7.56. The highest BCUT2D eigenvalue weighted by atomic mass is 32.1. The number of piperidine rings is 1. The second-order valence-corrected chi connectivity index (χ2v) is 10.6. The molecule has 180 valence electrons. The van der Waals surface area contributed by atoms with Crippen molar-refractivity contribution in [1.82, 2.24) is 15.5 Å². The molecule has 3 aromatic rings. The molecule has 3 heterocycles. The Bertz CT molecular complexity index is 1040. The van der Waals surface area contributed by atoms with Crippen molar-refractivity contribution >= 4 is 11.3 Å². The summed E-state index contributed by atoms with van der Waals surface area (Å²) in [5.41, 5.74) is 4.57. The molecule has 2 aliphatic rings. The predicted octanol–water partition coefficient (Wildman–Crippen LogP) is 5.16. The standard InChI is InChI=1S/C29H37N3OS/c1-30-17-13-27(28-11-6-22-34-28)33-26-10-5-3-8-24(26)14-19-32-20-15-29(16-21-32)25-9-4-2-7-23(25)12-18-31-29/h2-11,22,27,30-31H,12-21H2,1H3. The Labute approximate surface area is 208 Å². The van der Waals surface area contributed by atoms with E-state index in [1.165, 1.54) is 23.3 Å². The van der Waals surface area contributed by atoms with Gasteiger partial charge in [0.15, 0.2) is 0 Å². The van der Waals surface area contributed by atoms with Gasteiger partial charge in [-0.2, -0.15) is 0 Å². The minimum atomic E-state index is 0.0980. The number of hydrogen-bond acceptors (Lipinski definition) is 5. The second-order valence-electron chi connectivity index (χ2n) is 9.63. The number of fused-ring (bicyclic) bond motifs is 2. The summed E-state index contributed by atoms with van der Waals surface area (Å²) in [5, 5.41) is 9.31. The van der Waals surface area contributed by atoms with E-state index in [0.29, 0.717) is 0 Å². The van der Waals surface area contributed by atoms with Gasteiger partial charge in [-0.15, -0.1) is 11.3 Å². The highest BCUT2D eigenvalue weighted by molar-refractivity contribution is 7.10. The molecule has 5 rings (SSSR count). The Morgan fingerprint density at radius 1 is 1.06 bits per heavy atom. The molecule has 2 aromatic carbocycles. The molecule has 34 heavy (non-hydrogen) atoms. The van der Waals surface area contributed by atoms with Gasteiger partial charge in [0.1, 0.15) is 11.9 Å². The van der Waals surface area contributed by atoms with E-state index in [-0.39, 0.29) is 11.6 Å². The third kappa shape index (κ3) is 5.23. The molecule has 0 aliphatic carbocycles. The summed E-state index contributed by atoms with van der Waals surface area (Å²) in [6.07, 6.45) is 5.61. The average molecular weight is 476 g/mol. The molecular formula is C29H37N3OS. The summed E-state index contributed by atoms with van der Waals surface area (Å²) in [5.74, 6) is 1.04. The van der Waals surface area contributed by atoms with E-state index in [1.54, 1.807) is 22.5 Å². The van der Waals surface area contributed by atoms with Gasteiger partial charge in [-0.05, 0) is 73.5 Å². The van der Waals surface area contributed by atoms with Crippen LogP contribution in [0, 0.1) is 0 Å². The van der Waals surface area contributed by atoms with E-state index in [2.05, 4.69) is 81.6 Å². The van der Waals surface area contributed by atoms with Crippen molar-refractivity contribution in [3.05, 3.63) is 87.6 Å². The van der Waals surface area contributed by atoms with Crippen LogP contribution in [0.2, 0.25) is 0 Å². The highest BCUT2D eigenvalue weighted by Crippen LogP contribution is 2.37. The van der Waals surface area contributed by atoms with Gasteiger partial charge in [-0.3, -0.25) is 0 Å². The van der Waals surface area contributed by atoms with Crippen LogP contribution in [-0.4, -0.2) is 44.7 Å². The molecule has 1 saturated heterocycles. The Kier molecular flexibility index (Phi) is 7.65. The largest absolute Gasteiger partial charge is 0.485 e. The fourth-order valence-corrected chi connectivity index (χ4v) is 6.40. The number of rotatable bonds is 9. The third-order valence-corrected chi connectivity index (χ3v) is 8.52. The SMILES string of the molecule is CNCCC(Oc1ccccc1CCN1CCC2(CC1)NCCc1ccccc12)c1cccs1. The molecule has 0 amide bonds. The fraction of sp³-hybridized carbons (Fsp3) is 0.448. The van der Waals surface area contributed by atoms with Crippen molar-refractivity contribution in [2.45, 2.75) is 43.7 Å². The van der Waals surface area contributed by atoms with Crippen molar-refractivity contribution in [3.8, 4) is 5.75 Å². The van der Waals surface area contributed by atoms with Crippen LogP contribution in [-0.2, 0) is 18.4 Å². The van der Waals surface area contributed by atoms with Crippen LogP contribution < -0.4 is 15.4 Å². The van der Waals surface area contributed by atoms with E-state index >= 15 is 0 Å². The second kappa shape index (κ2) is 11.0. The summed E-state index contributed by atoms with van der Waals surface area (Å²) in [4.78, 5) is 3.94. The Balaban J connectivity index is 1.21. The lowest BCUT2D eigenvalue weighted by atomic mass is 9.76. The van der Waals surface area contributed by atoms with E-state index in [9.17, 15) is 0 Å². The molecule has 2 N–H and O–H groups in total. The summed E-state index contributed by atoms with van der Waals surface area (Å²) < 4.78 is 6.60. The van der Waals surface area contributed by atoms with E-state index < -0.39 is 0 Å². The minimum absolute atomic E-state index is 0.0980. The van der Waals surface area contributed by atoms with Crippen LogP contribution in [0.15, 0.2) is 66.0 Å². The first-order valence-corrected chi connectivity index (χ1v) is 13.6. The number of benzene rings is 2. The summed E-state index contributed by atoms with van der Waals surface area (Å²) in [6, 6.07) is 22.0. The predicted molar refractivity (Wildman–Crippen MR) is 142 cm³/mol. The van der Waals surface area contributed by atoms with E-state index in [1.807, 2.05) is 7.05 Å². The average Bonchev–Trinajstić information content (AvgIpc) is 3.42. The first kappa shape index (κ1) is 23.6. The van der Waals surface area contributed by atoms with Gasteiger partial charge in [0.25, 0.3) is 0 Å². The van der Waals surface area contributed by atoms with Gasteiger partial charge in [0.05, 0.1) is 0 Å². The molecule has 2 aliphatic heterocycles. The molecule has 1 fully saturated rings. The summed E-state index contributed by atoms with van der Waals surface area (Å²) in [7, 11) is 2.00. The lowest BCUT2D eigenvalue weighted by Gasteiger charge is -2.46. The summed E-state index contributed by atoms with van der Waals surface area (Å²) in [6.45, 7) is 5.41. The maximum absolute atomic E-state index is 6.60. The topological polar surface area (TPSA) is 36.5 Å². The molecule has 4 nitrogen and oxygen atoms in total. The van der Waals surface area contributed by atoms with Crippen molar-refractivity contribution < 1.29 is 4.74 Å². The Morgan fingerprint density at radius 2 is 1.88 bits per heavy atom. The van der Waals surface area contributed by atoms with E-state index in [0.717, 1.165) is 57.7 Å². The molecule has 0 saturated carbocycles. The van der Waals surface area contributed by atoms with Gasteiger partial charge in [0.2, 0.25) is 0 Å². The quantitative estimate of drug-likeness (QED) is 0.448. The van der Waals surface area contributed by atoms with Crippen molar-refractivity contribution in [1.29, 1.82) is 0 Å². The number of ether oxygens (including phenoxy) is 1. The first-order chi connectivity index (χ1) is 16.8. The molecule has 1 aromatic heterocycles. The normalized spacial score (nSPS) is 18.5. The number of nitrogens with zero attached hydrogens (tertiary/aromatic N) is 1. The first-order valence-electron chi connectivity index (χ1n) is 12.8. The maximum Gasteiger partial charge on any atom is 0.134 e. The zero-order chi connectivity index (χ0) is 23.2. The van der Waals surface area contributed by atoms with Crippen molar-refractivity contribution in [2.75, 3.05) is 39.8 Å². The molecule has 1 unspecified atom stereocenters.